The Bertz CT molecular complexity index is 382. The van der Waals surface area contributed by atoms with Crippen LogP contribution in [0.25, 0.3) is 0 Å². The van der Waals surface area contributed by atoms with Crippen LogP contribution in [0.3, 0.4) is 0 Å². The molecule has 2 atom stereocenters. The standard InChI is InChI=1S/C15H23NO/c1-5-13(16-4)12-10-15(2,3)17-14-9-7-6-8-11(12)14/h6-9,12-13,16H,5,10H2,1-4H3. The molecule has 1 heterocycles. The highest BCUT2D eigenvalue weighted by Gasteiger charge is 2.36. The first-order chi connectivity index (χ1) is 8.07. The topological polar surface area (TPSA) is 21.3 Å². The van der Waals surface area contributed by atoms with Crippen LogP contribution >= 0.6 is 0 Å². The third kappa shape index (κ3) is 2.47. The van der Waals surface area contributed by atoms with Crippen molar-refractivity contribution in [1.29, 1.82) is 0 Å². The van der Waals surface area contributed by atoms with Crippen molar-refractivity contribution in [1.82, 2.24) is 5.32 Å². The largest absolute Gasteiger partial charge is 0.488 e. The predicted molar refractivity (Wildman–Crippen MR) is 71.6 cm³/mol. The lowest BCUT2D eigenvalue weighted by Gasteiger charge is -2.40. The van der Waals surface area contributed by atoms with E-state index in [4.69, 9.17) is 4.74 Å². The van der Waals surface area contributed by atoms with Crippen molar-refractivity contribution >= 4 is 0 Å². The number of hydrogen-bond acceptors (Lipinski definition) is 2. The first-order valence-electron chi connectivity index (χ1n) is 6.52. The molecular weight excluding hydrogens is 210 g/mol. The van der Waals surface area contributed by atoms with E-state index in [9.17, 15) is 0 Å². The molecule has 0 aromatic heterocycles. The molecule has 1 N–H and O–H groups in total. The van der Waals surface area contributed by atoms with Crippen LogP contribution in [0, 0.1) is 0 Å². The lowest BCUT2D eigenvalue weighted by atomic mass is 9.79. The van der Waals surface area contributed by atoms with Gasteiger partial charge in [-0.25, -0.2) is 0 Å². The fourth-order valence-electron chi connectivity index (χ4n) is 2.91. The van der Waals surface area contributed by atoms with E-state index in [0.717, 1.165) is 18.6 Å². The molecule has 0 fully saturated rings. The number of hydrogen-bond donors (Lipinski definition) is 1. The molecule has 2 rings (SSSR count). The Hall–Kier alpha value is -1.02. The lowest BCUT2D eigenvalue weighted by molar-refractivity contribution is 0.0651. The molecule has 2 heteroatoms. The van der Waals surface area contributed by atoms with Gasteiger partial charge < -0.3 is 10.1 Å². The molecule has 1 aromatic carbocycles. The van der Waals surface area contributed by atoms with Crippen LogP contribution in [-0.4, -0.2) is 18.7 Å². The third-order valence-electron chi connectivity index (χ3n) is 3.71. The summed E-state index contributed by atoms with van der Waals surface area (Å²) >= 11 is 0. The van der Waals surface area contributed by atoms with Gasteiger partial charge in [-0.2, -0.15) is 0 Å². The van der Waals surface area contributed by atoms with E-state index >= 15 is 0 Å². The monoisotopic (exact) mass is 233 g/mol. The van der Waals surface area contributed by atoms with E-state index in [2.05, 4.69) is 57.4 Å². The van der Waals surface area contributed by atoms with Crippen LogP contribution in [0.5, 0.6) is 5.75 Å². The second-order valence-corrected chi connectivity index (χ2v) is 5.51. The van der Waals surface area contributed by atoms with Crippen molar-refractivity contribution < 1.29 is 4.74 Å². The summed E-state index contributed by atoms with van der Waals surface area (Å²) in [5, 5.41) is 3.44. The number of ether oxygens (including phenoxy) is 1. The van der Waals surface area contributed by atoms with Gasteiger partial charge in [0.05, 0.1) is 0 Å². The molecule has 0 aliphatic carbocycles. The second kappa shape index (κ2) is 4.69. The Labute approximate surface area is 104 Å². The van der Waals surface area contributed by atoms with Crippen molar-refractivity contribution in [2.45, 2.75) is 51.2 Å². The Morgan fingerprint density at radius 2 is 2.12 bits per heavy atom. The van der Waals surface area contributed by atoms with E-state index in [1.54, 1.807) is 0 Å². The first-order valence-corrected chi connectivity index (χ1v) is 6.52. The molecule has 1 aliphatic heterocycles. The maximum atomic E-state index is 6.06. The van der Waals surface area contributed by atoms with Crippen LogP contribution in [-0.2, 0) is 0 Å². The maximum Gasteiger partial charge on any atom is 0.123 e. The molecule has 0 bridgehead atoms. The highest BCUT2D eigenvalue weighted by atomic mass is 16.5. The number of benzene rings is 1. The van der Waals surface area contributed by atoms with Gasteiger partial charge >= 0.3 is 0 Å². The minimum absolute atomic E-state index is 0.0662. The maximum absolute atomic E-state index is 6.06. The van der Waals surface area contributed by atoms with E-state index < -0.39 is 0 Å². The van der Waals surface area contributed by atoms with Crippen LogP contribution < -0.4 is 10.1 Å². The summed E-state index contributed by atoms with van der Waals surface area (Å²) < 4.78 is 6.06. The summed E-state index contributed by atoms with van der Waals surface area (Å²) in [5.74, 6) is 1.60. The molecule has 0 saturated carbocycles. The average molecular weight is 233 g/mol. The van der Waals surface area contributed by atoms with Gasteiger partial charge in [0.15, 0.2) is 0 Å². The number of para-hydroxylation sites is 1. The summed E-state index contributed by atoms with van der Waals surface area (Å²) in [7, 11) is 2.05. The van der Waals surface area contributed by atoms with Crippen LogP contribution in [0.4, 0.5) is 0 Å². The van der Waals surface area contributed by atoms with Crippen molar-refractivity contribution in [2.75, 3.05) is 7.05 Å². The van der Waals surface area contributed by atoms with Crippen molar-refractivity contribution in [3.05, 3.63) is 29.8 Å². The predicted octanol–water partition coefficient (Wildman–Crippen LogP) is 3.33. The molecule has 0 spiro atoms. The van der Waals surface area contributed by atoms with E-state index in [1.165, 1.54) is 5.56 Å². The number of likely N-dealkylation sites (N-methyl/N-ethyl adjacent to an activating group) is 1. The van der Waals surface area contributed by atoms with E-state index in [0.29, 0.717) is 12.0 Å². The number of rotatable bonds is 3. The molecule has 2 unspecified atom stereocenters. The van der Waals surface area contributed by atoms with Crippen molar-refractivity contribution in [3.63, 3.8) is 0 Å². The van der Waals surface area contributed by atoms with Crippen LogP contribution in [0.1, 0.15) is 45.1 Å². The molecule has 17 heavy (non-hydrogen) atoms. The Morgan fingerprint density at radius 3 is 2.76 bits per heavy atom. The normalized spacial score (nSPS) is 23.6. The molecule has 0 saturated heterocycles. The fourth-order valence-corrected chi connectivity index (χ4v) is 2.91. The van der Waals surface area contributed by atoms with Gasteiger partial charge in [-0.3, -0.25) is 0 Å². The minimum Gasteiger partial charge on any atom is -0.488 e. The zero-order valence-corrected chi connectivity index (χ0v) is 11.3. The number of fused-ring (bicyclic) bond motifs is 1. The Balaban J connectivity index is 2.39. The highest BCUT2D eigenvalue weighted by molar-refractivity contribution is 5.40. The van der Waals surface area contributed by atoms with Gasteiger partial charge in [0.1, 0.15) is 11.4 Å². The molecule has 2 nitrogen and oxygen atoms in total. The molecule has 0 radical (unpaired) electrons. The zero-order valence-electron chi connectivity index (χ0n) is 11.3. The van der Waals surface area contributed by atoms with Crippen molar-refractivity contribution in [3.8, 4) is 5.75 Å². The van der Waals surface area contributed by atoms with Gasteiger partial charge in [0.2, 0.25) is 0 Å². The Morgan fingerprint density at radius 1 is 1.41 bits per heavy atom. The second-order valence-electron chi connectivity index (χ2n) is 5.51. The summed E-state index contributed by atoms with van der Waals surface area (Å²) in [4.78, 5) is 0. The SMILES string of the molecule is CCC(NC)C1CC(C)(C)Oc2ccccc21. The molecule has 1 aromatic rings. The number of nitrogens with one attached hydrogen (secondary N) is 1. The summed E-state index contributed by atoms with van der Waals surface area (Å²) in [6.07, 6.45) is 2.22. The summed E-state index contributed by atoms with van der Waals surface area (Å²) in [6.45, 7) is 6.60. The van der Waals surface area contributed by atoms with E-state index in [-0.39, 0.29) is 5.60 Å². The highest BCUT2D eigenvalue weighted by Crippen LogP contribution is 2.42. The van der Waals surface area contributed by atoms with Gasteiger partial charge in [0.25, 0.3) is 0 Å². The summed E-state index contributed by atoms with van der Waals surface area (Å²) in [5.41, 5.74) is 1.29. The molecule has 94 valence electrons. The average Bonchev–Trinajstić information content (AvgIpc) is 2.29. The van der Waals surface area contributed by atoms with Crippen LogP contribution in [0.2, 0.25) is 0 Å². The Kier molecular flexibility index (Phi) is 3.43. The van der Waals surface area contributed by atoms with Gasteiger partial charge in [-0.15, -0.1) is 0 Å². The van der Waals surface area contributed by atoms with Gasteiger partial charge in [-0.05, 0) is 45.4 Å². The fraction of sp³-hybridized carbons (Fsp3) is 0.600. The lowest BCUT2D eigenvalue weighted by Crippen LogP contribution is -2.42. The quantitative estimate of drug-likeness (QED) is 0.864. The van der Waals surface area contributed by atoms with Gasteiger partial charge in [0, 0.05) is 12.0 Å². The summed E-state index contributed by atoms with van der Waals surface area (Å²) in [6, 6.07) is 8.98. The smallest absolute Gasteiger partial charge is 0.123 e. The first kappa shape index (κ1) is 12.4. The molecule has 1 aliphatic rings. The van der Waals surface area contributed by atoms with Crippen molar-refractivity contribution in [2.24, 2.45) is 0 Å². The zero-order chi connectivity index (χ0) is 12.5. The van der Waals surface area contributed by atoms with E-state index in [1.807, 2.05) is 0 Å². The molecular formula is C15H23NO. The molecule has 0 amide bonds. The van der Waals surface area contributed by atoms with Gasteiger partial charge in [-0.1, -0.05) is 25.1 Å². The third-order valence-corrected chi connectivity index (χ3v) is 3.71. The van der Waals surface area contributed by atoms with Crippen LogP contribution in [0.15, 0.2) is 24.3 Å². The minimum atomic E-state index is -0.0662.